The van der Waals surface area contributed by atoms with E-state index < -0.39 is 0 Å². The standard InChI is InChI=1S/C20H24N2O/c1-4-22(15(2)3)20(23)16-9-11-19(12-10-16)21-13-17-7-5-6-8-18(17)14-21/h5-12,15H,4,13-14H2,1-3H3. The number of carbonyl (C=O) groups is 1. The van der Waals surface area contributed by atoms with E-state index in [0.29, 0.717) is 0 Å². The van der Waals surface area contributed by atoms with E-state index in [-0.39, 0.29) is 11.9 Å². The average molecular weight is 308 g/mol. The van der Waals surface area contributed by atoms with Gasteiger partial charge in [0.15, 0.2) is 0 Å². The van der Waals surface area contributed by atoms with Gasteiger partial charge in [0, 0.05) is 36.9 Å². The second-order valence-corrected chi connectivity index (χ2v) is 6.36. The second-order valence-electron chi connectivity index (χ2n) is 6.36. The van der Waals surface area contributed by atoms with Gasteiger partial charge in [-0.1, -0.05) is 24.3 Å². The zero-order valence-electron chi connectivity index (χ0n) is 14.1. The van der Waals surface area contributed by atoms with Crippen LogP contribution >= 0.6 is 0 Å². The van der Waals surface area contributed by atoms with Crippen molar-refractivity contribution < 1.29 is 4.79 Å². The van der Waals surface area contributed by atoms with E-state index in [1.165, 1.54) is 16.8 Å². The van der Waals surface area contributed by atoms with Crippen LogP contribution in [0.5, 0.6) is 0 Å². The molecule has 1 heterocycles. The lowest BCUT2D eigenvalue weighted by Gasteiger charge is -2.25. The molecule has 0 fully saturated rings. The predicted octanol–water partition coefficient (Wildman–Crippen LogP) is 4.08. The number of benzene rings is 2. The summed E-state index contributed by atoms with van der Waals surface area (Å²) in [4.78, 5) is 16.8. The maximum absolute atomic E-state index is 12.5. The first kappa shape index (κ1) is 15.6. The Morgan fingerprint density at radius 1 is 1.04 bits per heavy atom. The first-order chi connectivity index (χ1) is 11.1. The van der Waals surface area contributed by atoms with Crippen LogP contribution in [0.1, 0.15) is 42.3 Å². The number of fused-ring (bicyclic) bond motifs is 1. The molecule has 0 atom stereocenters. The molecule has 1 aliphatic heterocycles. The molecule has 0 saturated carbocycles. The van der Waals surface area contributed by atoms with Crippen LogP contribution in [0.15, 0.2) is 48.5 Å². The summed E-state index contributed by atoms with van der Waals surface area (Å²) in [5.74, 6) is 0.110. The zero-order valence-corrected chi connectivity index (χ0v) is 14.1. The molecule has 2 aromatic rings. The molecule has 23 heavy (non-hydrogen) atoms. The molecule has 0 spiro atoms. The molecule has 0 bridgehead atoms. The van der Waals surface area contributed by atoms with E-state index in [9.17, 15) is 4.79 Å². The Hall–Kier alpha value is -2.29. The van der Waals surface area contributed by atoms with Gasteiger partial charge in [0.25, 0.3) is 5.91 Å². The van der Waals surface area contributed by atoms with Crippen molar-refractivity contribution in [1.82, 2.24) is 4.90 Å². The van der Waals surface area contributed by atoms with Crippen LogP contribution in [0.2, 0.25) is 0 Å². The first-order valence-corrected chi connectivity index (χ1v) is 8.33. The molecule has 120 valence electrons. The summed E-state index contributed by atoms with van der Waals surface area (Å²) in [5.41, 5.74) is 4.72. The maximum atomic E-state index is 12.5. The fourth-order valence-corrected chi connectivity index (χ4v) is 3.24. The molecule has 3 heteroatoms. The third-order valence-electron chi connectivity index (χ3n) is 4.55. The van der Waals surface area contributed by atoms with Gasteiger partial charge in [-0.2, -0.15) is 0 Å². The van der Waals surface area contributed by atoms with Crippen molar-refractivity contribution >= 4 is 11.6 Å². The Morgan fingerprint density at radius 2 is 1.61 bits per heavy atom. The highest BCUT2D eigenvalue weighted by atomic mass is 16.2. The fraction of sp³-hybridized carbons (Fsp3) is 0.350. The topological polar surface area (TPSA) is 23.6 Å². The molecule has 1 amide bonds. The number of nitrogens with zero attached hydrogens (tertiary/aromatic N) is 2. The number of hydrogen-bond acceptors (Lipinski definition) is 2. The van der Waals surface area contributed by atoms with Crippen LogP contribution in [0.4, 0.5) is 5.69 Å². The Bertz CT molecular complexity index is 666. The van der Waals surface area contributed by atoms with Crippen molar-refractivity contribution in [3.05, 3.63) is 65.2 Å². The molecule has 3 rings (SSSR count). The van der Waals surface area contributed by atoms with Gasteiger partial charge in [-0.05, 0) is 56.2 Å². The fourth-order valence-electron chi connectivity index (χ4n) is 3.24. The van der Waals surface area contributed by atoms with Gasteiger partial charge in [0.2, 0.25) is 0 Å². The summed E-state index contributed by atoms with van der Waals surface area (Å²) in [6, 6.07) is 16.8. The molecule has 0 unspecified atom stereocenters. The maximum Gasteiger partial charge on any atom is 0.254 e. The molecule has 1 aliphatic rings. The highest BCUT2D eigenvalue weighted by Crippen LogP contribution is 2.28. The van der Waals surface area contributed by atoms with Crippen LogP contribution in [-0.2, 0) is 13.1 Å². The largest absolute Gasteiger partial charge is 0.363 e. The van der Waals surface area contributed by atoms with Crippen molar-refractivity contribution in [3.63, 3.8) is 0 Å². The van der Waals surface area contributed by atoms with Gasteiger partial charge in [-0.3, -0.25) is 4.79 Å². The van der Waals surface area contributed by atoms with Gasteiger partial charge >= 0.3 is 0 Å². The van der Waals surface area contributed by atoms with Crippen molar-refractivity contribution in [2.75, 3.05) is 11.4 Å². The Labute approximate surface area is 138 Å². The molecular formula is C20H24N2O. The lowest BCUT2D eigenvalue weighted by molar-refractivity contribution is 0.0717. The smallest absolute Gasteiger partial charge is 0.254 e. The predicted molar refractivity (Wildman–Crippen MR) is 94.6 cm³/mol. The van der Waals surface area contributed by atoms with Crippen molar-refractivity contribution in [3.8, 4) is 0 Å². The molecule has 2 aromatic carbocycles. The molecule has 0 radical (unpaired) electrons. The van der Waals surface area contributed by atoms with E-state index in [1.54, 1.807) is 0 Å². The molecule has 0 N–H and O–H groups in total. The molecule has 0 aromatic heterocycles. The van der Waals surface area contributed by atoms with E-state index in [0.717, 1.165) is 25.2 Å². The summed E-state index contributed by atoms with van der Waals surface area (Å²) in [5, 5.41) is 0. The Morgan fingerprint density at radius 3 is 2.09 bits per heavy atom. The van der Waals surface area contributed by atoms with Crippen LogP contribution < -0.4 is 4.90 Å². The first-order valence-electron chi connectivity index (χ1n) is 8.33. The van der Waals surface area contributed by atoms with E-state index in [4.69, 9.17) is 0 Å². The minimum absolute atomic E-state index is 0.110. The molecule has 0 saturated heterocycles. The van der Waals surface area contributed by atoms with Crippen LogP contribution in [0, 0.1) is 0 Å². The van der Waals surface area contributed by atoms with Crippen molar-refractivity contribution in [1.29, 1.82) is 0 Å². The Balaban J connectivity index is 1.75. The monoisotopic (exact) mass is 308 g/mol. The lowest BCUT2D eigenvalue weighted by atomic mass is 10.1. The van der Waals surface area contributed by atoms with Gasteiger partial charge in [-0.15, -0.1) is 0 Å². The summed E-state index contributed by atoms with van der Waals surface area (Å²) in [6.07, 6.45) is 0. The van der Waals surface area contributed by atoms with Crippen LogP contribution in [0.3, 0.4) is 0 Å². The SMILES string of the molecule is CCN(C(=O)c1ccc(N2Cc3ccccc3C2)cc1)C(C)C. The van der Waals surface area contributed by atoms with Crippen molar-refractivity contribution in [2.24, 2.45) is 0 Å². The Kier molecular flexibility index (Phi) is 4.37. The summed E-state index contributed by atoms with van der Waals surface area (Å²) in [6.45, 7) is 8.74. The summed E-state index contributed by atoms with van der Waals surface area (Å²) >= 11 is 0. The van der Waals surface area contributed by atoms with E-state index >= 15 is 0 Å². The van der Waals surface area contributed by atoms with Crippen molar-refractivity contribution in [2.45, 2.75) is 39.9 Å². The average Bonchev–Trinajstić information content (AvgIpc) is 2.99. The highest BCUT2D eigenvalue weighted by Gasteiger charge is 2.20. The quantitative estimate of drug-likeness (QED) is 0.850. The van der Waals surface area contributed by atoms with E-state index in [1.807, 2.05) is 24.0 Å². The minimum atomic E-state index is 0.110. The molecule has 3 nitrogen and oxygen atoms in total. The van der Waals surface area contributed by atoms with E-state index in [2.05, 4.69) is 55.1 Å². The molecule has 0 aliphatic carbocycles. The van der Waals surface area contributed by atoms with Gasteiger partial charge < -0.3 is 9.80 Å². The minimum Gasteiger partial charge on any atom is -0.363 e. The van der Waals surface area contributed by atoms with Crippen LogP contribution in [0.25, 0.3) is 0 Å². The second kappa shape index (κ2) is 6.45. The number of amides is 1. The number of hydrogen-bond donors (Lipinski definition) is 0. The highest BCUT2D eigenvalue weighted by molar-refractivity contribution is 5.94. The van der Waals surface area contributed by atoms with Crippen LogP contribution in [-0.4, -0.2) is 23.4 Å². The van der Waals surface area contributed by atoms with Gasteiger partial charge in [0.1, 0.15) is 0 Å². The number of anilines is 1. The number of carbonyl (C=O) groups excluding carboxylic acids is 1. The third-order valence-corrected chi connectivity index (χ3v) is 4.55. The normalized spacial score (nSPS) is 13.3. The third kappa shape index (κ3) is 3.09. The zero-order chi connectivity index (χ0) is 16.4. The summed E-state index contributed by atoms with van der Waals surface area (Å²) < 4.78 is 0. The summed E-state index contributed by atoms with van der Waals surface area (Å²) in [7, 11) is 0. The lowest BCUT2D eigenvalue weighted by Crippen LogP contribution is -2.36. The van der Waals surface area contributed by atoms with Gasteiger partial charge in [-0.25, -0.2) is 0 Å². The molecular weight excluding hydrogens is 284 g/mol. The number of rotatable bonds is 4. The van der Waals surface area contributed by atoms with Gasteiger partial charge in [0.05, 0.1) is 0 Å².